The highest BCUT2D eigenvalue weighted by Crippen LogP contribution is 2.43. The molecular weight excluding hydrogens is 288 g/mol. The highest BCUT2D eigenvalue weighted by Gasteiger charge is 2.42. The van der Waals surface area contributed by atoms with Gasteiger partial charge < -0.3 is 9.47 Å². The Balaban J connectivity index is 2.31. The number of hydrogen-bond donors (Lipinski definition) is 0. The van der Waals surface area contributed by atoms with Crippen molar-refractivity contribution in [2.24, 2.45) is 11.8 Å². The van der Waals surface area contributed by atoms with Gasteiger partial charge in [0.05, 0.1) is 24.7 Å². The number of hydrogen-bond acceptors (Lipinski definition) is 3. The molecule has 2 rings (SSSR count). The topological polar surface area (TPSA) is 35.5 Å². The maximum atomic E-state index is 12.5. The molecule has 1 fully saturated rings. The lowest BCUT2D eigenvalue weighted by molar-refractivity contribution is -0.169. The molecule has 0 N–H and O–H groups in total. The largest absolute Gasteiger partial charge is 0.466 e. The minimum Gasteiger partial charge on any atom is -0.466 e. The van der Waals surface area contributed by atoms with Crippen LogP contribution in [-0.2, 0) is 14.3 Å². The van der Waals surface area contributed by atoms with Gasteiger partial charge in [0.1, 0.15) is 0 Å². The third-order valence-electron chi connectivity index (χ3n) is 4.57. The first-order valence-corrected chi connectivity index (χ1v) is 8.60. The van der Waals surface area contributed by atoms with Gasteiger partial charge in [-0.15, -0.1) is 0 Å². The molecule has 4 atom stereocenters. The maximum absolute atomic E-state index is 12.5. The Hall–Kier alpha value is -1.61. The maximum Gasteiger partial charge on any atom is 0.311 e. The van der Waals surface area contributed by atoms with Crippen LogP contribution in [0, 0.1) is 11.8 Å². The second-order valence-electron chi connectivity index (χ2n) is 6.34. The second kappa shape index (κ2) is 8.30. The van der Waals surface area contributed by atoms with Crippen LogP contribution in [-0.4, -0.2) is 18.7 Å². The van der Waals surface area contributed by atoms with Gasteiger partial charge in [0.25, 0.3) is 0 Å². The molecule has 3 heteroatoms. The molecule has 0 radical (unpaired) electrons. The Morgan fingerprint density at radius 2 is 1.96 bits per heavy atom. The molecule has 1 aromatic rings. The summed E-state index contributed by atoms with van der Waals surface area (Å²) in [7, 11) is 0. The second-order valence-corrected chi connectivity index (χ2v) is 6.34. The normalized spacial score (nSPS) is 27.4. The lowest BCUT2D eigenvalue weighted by Crippen LogP contribution is -2.41. The van der Waals surface area contributed by atoms with Crippen molar-refractivity contribution in [1.29, 1.82) is 0 Å². The highest BCUT2D eigenvalue weighted by atomic mass is 16.5. The van der Waals surface area contributed by atoms with Crippen LogP contribution in [0.3, 0.4) is 0 Å². The Morgan fingerprint density at radius 1 is 1.26 bits per heavy atom. The van der Waals surface area contributed by atoms with Crippen LogP contribution in [0.25, 0.3) is 0 Å². The third-order valence-corrected chi connectivity index (χ3v) is 4.57. The summed E-state index contributed by atoms with van der Waals surface area (Å²) in [6.45, 7) is 10.5. The summed E-state index contributed by atoms with van der Waals surface area (Å²) in [6, 6.07) is 10.0. The van der Waals surface area contributed by atoms with Gasteiger partial charge in [-0.25, -0.2) is 0 Å². The molecule has 0 saturated carbocycles. The van der Waals surface area contributed by atoms with Crippen LogP contribution >= 0.6 is 0 Å². The Bertz CT molecular complexity index is 523. The first-order valence-electron chi connectivity index (χ1n) is 8.60. The van der Waals surface area contributed by atoms with Gasteiger partial charge >= 0.3 is 5.97 Å². The van der Waals surface area contributed by atoms with Crippen molar-refractivity contribution in [2.75, 3.05) is 6.61 Å². The number of ether oxygens (including phenoxy) is 2. The average Bonchev–Trinajstić information content (AvgIpc) is 2.55. The monoisotopic (exact) mass is 316 g/mol. The van der Waals surface area contributed by atoms with Crippen molar-refractivity contribution in [3.05, 3.63) is 48.0 Å². The molecule has 0 unspecified atom stereocenters. The molecule has 1 aliphatic rings. The molecule has 3 nitrogen and oxygen atoms in total. The summed E-state index contributed by atoms with van der Waals surface area (Å²) in [6.07, 6.45) is 2.67. The summed E-state index contributed by atoms with van der Waals surface area (Å²) >= 11 is 0. The van der Waals surface area contributed by atoms with Gasteiger partial charge in [0, 0.05) is 5.92 Å². The molecule has 0 aliphatic carbocycles. The molecule has 126 valence electrons. The Labute approximate surface area is 139 Å². The number of carbonyl (C=O) groups excluding carboxylic acids is 1. The number of esters is 1. The highest BCUT2D eigenvalue weighted by molar-refractivity contribution is 5.73. The lowest BCUT2D eigenvalue weighted by atomic mass is 9.77. The molecule has 1 aliphatic heterocycles. The van der Waals surface area contributed by atoms with Crippen molar-refractivity contribution in [1.82, 2.24) is 0 Å². The van der Waals surface area contributed by atoms with Crippen molar-refractivity contribution < 1.29 is 14.3 Å². The minimum absolute atomic E-state index is 0.119. The fourth-order valence-corrected chi connectivity index (χ4v) is 3.42. The number of carbonyl (C=O) groups is 1. The molecule has 0 aromatic heterocycles. The van der Waals surface area contributed by atoms with E-state index in [1.54, 1.807) is 0 Å². The zero-order valence-corrected chi connectivity index (χ0v) is 14.5. The van der Waals surface area contributed by atoms with E-state index in [-0.39, 0.29) is 30.0 Å². The zero-order chi connectivity index (χ0) is 16.8. The van der Waals surface area contributed by atoms with Gasteiger partial charge in [-0.2, -0.15) is 0 Å². The first-order chi connectivity index (χ1) is 11.1. The van der Waals surface area contributed by atoms with E-state index in [4.69, 9.17) is 9.47 Å². The molecule has 0 bridgehead atoms. The van der Waals surface area contributed by atoms with Crippen LogP contribution in [0.1, 0.15) is 51.7 Å². The van der Waals surface area contributed by atoms with Crippen molar-refractivity contribution >= 4 is 5.97 Å². The van der Waals surface area contributed by atoms with Crippen molar-refractivity contribution in [3.8, 4) is 0 Å². The van der Waals surface area contributed by atoms with Crippen LogP contribution in [0.4, 0.5) is 0 Å². The summed E-state index contributed by atoms with van der Waals surface area (Å²) in [5.41, 5.74) is 2.14. The third kappa shape index (κ3) is 4.23. The van der Waals surface area contributed by atoms with E-state index < -0.39 is 0 Å². The number of rotatable bonds is 6. The van der Waals surface area contributed by atoms with E-state index in [1.165, 1.54) is 0 Å². The fourth-order valence-electron chi connectivity index (χ4n) is 3.42. The van der Waals surface area contributed by atoms with Crippen LogP contribution < -0.4 is 0 Å². The van der Waals surface area contributed by atoms with E-state index in [0.29, 0.717) is 6.61 Å². The van der Waals surface area contributed by atoms with Gasteiger partial charge in [0.15, 0.2) is 0 Å². The lowest BCUT2D eigenvalue weighted by Gasteiger charge is -2.41. The van der Waals surface area contributed by atoms with E-state index >= 15 is 0 Å². The predicted molar refractivity (Wildman–Crippen MR) is 92.0 cm³/mol. The minimum atomic E-state index is -0.271. The van der Waals surface area contributed by atoms with Crippen molar-refractivity contribution in [2.45, 2.75) is 52.2 Å². The molecule has 0 amide bonds. The van der Waals surface area contributed by atoms with Gasteiger partial charge in [-0.1, -0.05) is 55.8 Å². The molecular formula is C20H28O3. The summed E-state index contributed by atoms with van der Waals surface area (Å²) in [5.74, 6) is -0.223. The SMILES string of the molecule is C=C(C)[C@@H]1C[C@@H](C(=O)OCC)[C@@H](c2ccccc2)O[C@H]1CCC. The Kier molecular flexibility index (Phi) is 6.40. The molecule has 0 spiro atoms. The van der Waals surface area contributed by atoms with E-state index in [2.05, 4.69) is 13.5 Å². The van der Waals surface area contributed by atoms with E-state index in [1.807, 2.05) is 44.2 Å². The van der Waals surface area contributed by atoms with Gasteiger partial charge in [0.2, 0.25) is 0 Å². The number of benzene rings is 1. The van der Waals surface area contributed by atoms with Gasteiger partial charge in [-0.05, 0) is 32.3 Å². The standard InChI is InChI=1S/C20H28O3/c1-5-10-18-16(14(3)4)13-17(20(21)22-6-2)19(23-18)15-11-8-7-9-12-15/h7-9,11-12,16-19H,3,5-6,10,13H2,1-2,4H3/t16-,17+,18-,19+/m0/s1. The van der Waals surface area contributed by atoms with Crippen molar-refractivity contribution in [3.63, 3.8) is 0 Å². The molecule has 1 aromatic carbocycles. The van der Waals surface area contributed by atoms with Crippen LogP contribution in [0.2, 0.25) is 0 Å². The molecule has 1 saturated heterocycles. The van der Waals surface area contributed by atoms with E-state index in [9.17, 15) is 4.79 Å². The summed E-state index contributed by atoms with van der Waals surface area (Å²) < 4.78 is 11.7. The molecule has 23 heavy (non-hydrogen) atoms. The smallest absolute Gasteiger partial charge is 0.311 e. The quantitative estimate of drug-likeness (QED) is 0.564. The summed E-state index contributed by atoms with van der Waals surface area (Å²) in [5, 5.41) is 0. The van der Waals surface area contributed by atoms with Gasteiger partial charge in [-0.3, -0.25) is 4.79 Å². The van der Waals surface area contributed by atoms with Crippen LogP contribution in [0.5, 0.6) is 0 Å². The average molecular weight is 316 g/mol. The summed E-state index contributed by atoms with van der Waals surface area (Å²) in [4.78, 5) is 12.5. The fraction of sp³-hybridized carbons (Fsp3) is 0.550. The Morgan fingerprint density at radius 3 is 2.52 bits per heavy atom. The van der Waals surface area contributed by atoms with Crippen LogP contribution in [0.15, 0.2) is 42.5 Å². The first kappa shape index (κ1) is 17.7. The molecule has 1 heterocycles. The van der Waals surface area contributed by atoms with E-state index in [0.717, 1.165) is 30.4 Å². The zero-order valence-electron chi connectivity index (χ0n) is 14.5. The predicted octanol–water partition coefficient (Wildman–Crippen LogP) is 4.69.